The van der Waals surface area contributed by atoms with E-state index in [9.17, 15) is 14.4 Å². The van der Waals surface area contributed by atoms with Crippen molar-refractivity contribution < 1.29 is 19.1 Å². The summed E-state index contributed by atoms with van der Waals surface area (Å²) in [4.78, 5) is 38.1. The van der Waals surface area contributed by atoms with Gasteiger partial charge in [-0.1, -0.05) is 0 Å². The molecule has 0 atom stereocenters. The van der Waals surface area contributed by atoms with Gasteiger partial charge in [0.05, 0.1) is 19.2 Å². The highest BCUT2D eigenvalue weighted by Crippen LogP contribution is 2.19. The Hall–Kier alpha value is -2.31. The standard InChI is InChI=1S/C14H19N3O4/c1-7-11(14(20)21-3)8(2)16-12(7)13(19)15-6-10(18)17-9-4-5-9/h9,16H,4-6H2,1-3H3,(H,15,19)(H,17,18). The summed E-state index contributed by atoms with van der Waals surface area (Å²) in [6.07, 6.45) is 1.99. The number of esters is 1. The van der Waals surface area contributed by atoms with E-state index < -0.39 is 11.9 Å². The average molecular weight is 293 g/mol. The predicted molar refractivity (Wildman–Crippen MR) is 75.1 cm³/mol. The molecule has 1 aromatic heterocycles. The van der Waals surface area contributed by atoms with E-state index in [-0.39, 0.29) is 24.2 Å². The van der Waals surface area contributed by atoms with Crippen LogP contribution in [-0.2, 0) is 9.53 Å². The molecule has 7 nitrogen and oxygen atoms in total. The third kappa shape index (κ3) is 3.42. The van der Waals surface area contributed by atoms with E-state index in [1.807, 2.05) is 0 Å². The van der Waals surface area contributed by atoms with Crippen molar-refractivity contribution in [3.05, 3.63) is 22.5 Å². The lowest BCUT2D eigenvalue weighted by molar-refractivity contribution is -0.120. The molecule has 0 saturated heterocycles. The number of aromatic amines is 1. The summed E-state index contributed by atoms with van der Waals surface area (Å²) in [5.41, 5.74) is 1.70. The maximum absolute atomic E-state index is 12.1. The van der Waals surface area contributed by atoms with Crippen LogP contribution in [0.1, 0.15) is 44.9 Å². The second-order valence-corrected chi connectivity index (χ2v) is 5.14. The van der Waals surface area contributed by atoms with Crippen LogP contribution in [0.2, 0.25) is 0 Å². The first-order valence-electron chi connectivity index (χ1n) is 6.79. The van der Waals surface area contributed by atoms with Crippen molar-refractivity contribution in [1.82, 2.24) is 15.6 Å². The van der Waals surface area contributed by atoms with Gasteiger partial charge in [-0.2, -0.15) is 0 Å². The third-order valence-electron chi connectivity index (χ3n) is 3.41. The molecule has 2 amide bonds. The first-order chi connectivity index (χ1) is 9.93. The Labute approximate surface area is 122 Å². The van der Waals surface area contributed by atoms with E-state index in [1.54, 1.807) is 13.8 Å². The number of methoxy groups -OCH3 is 1. The van der Waals surface area contributed by atoms with Gasteiger partial charge in [-0.3, -0.25) is 9.59 Å². The molecule has 0 unspecified atom stereocenters. The summed E-state index contributed by atoms with van der Waals surface area (Å²) in [5.74, 6) is -1.12. The van der Waals surface area contributed by atoms with Crippen LogP contribution in [0, 0.1) is 13.8 Å². The summed E-state index contributed by atoms with van der Waals surface area (Å²) in [6.45, 7) is 3.27. The van der Waals surface area contributed by atoms with Gasteiger partial charge in [-0.25, -0.2) is 4.79 Å². The van der Waals surface area contributed by atoms with E-state index in [0.717, 1.165) is 12.8 Å². The Bertz CT molecular complexity index is 587. The van der Waals surface area contributed by atoms with Gasteiger partial charge in [-0.15, -0.1) is 0 Å². The van der Waals surface area contributed by atoms with Crippen LogP contribution in [0.25, 0.3) is 0 Å². The normalized spacial score (nSPS) is 13.7. The van der Waals surface area contributed by atoms with Gasteiger partial charge in [-0.05, 0) is 32.3 Å². The molecule has 1 saturated carbocycles. The second kappa shape index (κ2) is 5.99. The van der Waals surface area contributed by atoms with Crippen LogP contribution in [0.3, 0.4) is 0 Å². The number of aryl methyl sites for hydroxylation is 1. The molecule has 0 radical (unpaired) electrons. The van der Waals surface area contributed by atoms with Crippen LogP contribution in [0.4, 0.5) is 0 Å². The molecule has 1 fully saturated rings. The second-order valence-electron chi connectivity index (χ2n) is 5.14. The number of carbonyl (C=O) groups excluding carboxylic acids is 3. The zero-order chi connectivity index (χ0) is 15.6. The van der Waals surface area contributed by atoms with Crippen LogP contribution >= 0.6 is 0 Å². The van der Waals surface area contributed by atoms with E-state index in [4.69, 9.17) is 0 Å². The van der Waals surface area contributed by atoms with Crippen LogP contribution in [0.15, 0.2) is 0 Å². The van der Waals surface area contributed by atoms with Crippen LogP contribution in [0.5, 0.6) is 0 Å². The van der Waals surface area contributed by atoms with Crippen LogP contribution < -0.4 is 10.6 Å². The number of ether oxygens (including phenoxy) is 1. The van der Waals surface area contributed by atoms with E-state index in [1.165, 1.54) is 7.11 Å². The molecule has 7 heteroatoms. The van der Waals surface area contributed by atoms with Gasteiger partial charge in [0.25, 0.3) is 5.91 Å². The molecule has 0 spiro atoms. The molecule has 0 bridgehead atoms. The van der Waals surface area contributed by atoms with Gasteiger partial charge in [0.2, 0.25) is 5.91 Å². The van der Waals surface area contributed by atoms with Crippen molar-refractivity contribution in [3.8, 4) is 0 Å². The maximum atomic E-state index is 12.1. The Morgan fingerprint density at radius 1 is 1.29 bits per heavy atom. The van der Waals surface area contributed by atoms with Gasteiger partial charge >= 0.3 is 5.97 Å². The number of H-pyrrole nitrogens is 1. The van der Waals surface area contributed by atoms with Gasteiger partial charge in [0.15, 0.2) is 0 Å². The largest absolute Gasteiger partial charge is 0.465 e. The van der Waals surface area contributed by atoms with Crippen molar-refractivity contribution in [2.24, 2.45) is 0 Å². The number of aromatic nitrogens is 1. The number of rotatable bonds is 5. The Morgan fingerprint density at radius 2 is 1.95 bits per heavy atom. The van der Waals surface area contributed by atoms with Crippen molar-refractivity contribution in [1.29, 1.82) is 0 Å². The number of hydrogen-bond acceptors (Lipinski definition) is 4. The smallest absolute Gasteiger partial charge is 0.339 e. The first kappa shape index (κ1) is 15.1. The van der Waals surface area contributed by atoms with Crippen molar-refractivity contribution in [3.63, 3.8) is 0 Å². The van der Waals surface area contributed by atoms with Crippen molar-refractivity contribution in [2.75, 3.05) is 13.7 Å². The molecule has 21 heavy (non-hydrogen) atoms. The molecule has 0 aromatic carbocycles. The van der Waals surface area contributed by atoms with E-state index >= 15 is 0 Å². The number of carbonyl (C=O) groups is 3. The molecule has 1 heterocycles. The molecule has 1 aliphatic rings. The topological polar surface area (TPSA) is 100 Å². The minimum atomic E-state index is -0.494. The minimum absolute atomic E-state index is 0.0829. The highest BCUT2D eigenvalue weighted by Gasteiger charge is 2.25. The highest BCUT2D eigenvalue weighted by molar-refractivity contribution is 6.01. The van der Waals surface area contributed by atoms with Gasteiger partial charge in [0.1, 0.15) is 5.69 Å². The third-order valence-corrected chi connectivity index (χ3v) is 3.41. The van der Waals surface area contributed by atoms with Gasteiger partial charge in [0, 0.05) is 11.7 Å². The van der Waals surface area contributed by atoms with Crippen molar-refractivity contribution in [2.45, 2.75) is 32.7 Å². The molecule has 1 aliphatic carbocycles. The van der Waals surface area contributed by atoms with Crippen molar-refractivity contribution >= 4 is 17.8 Å². The fraction of sp³-hybridized carbons (Fsp3) is 0.500. The molecule has 1 aromatic rings. The summed E-state index contributed by atoms with van der Waals surface area (Å²) in [7, 11) is 1.29. The lowest BCUT2D eigenvalue weighted by atomic mass is 10.1. The zero-order valence-electron chi connectivity index (χ0n) is 12.3. The van der Waals surface area contributed by atoms with Gasteiger partial charge < -0.3 is 20.4 Å². The molecular weight excluding hydrogens is 274 g/mol. The monoisotopic (exact) mass is 293 g/mol. The Morgan fingerprint density at radius 3 is 2.52 bits per heavy atom. The summed E-state index contributed by atoms with van der Waals surface area (Å²) in [5, 5.41) is 5.32. The highest BCUT2D eigenvalue weighted by atomic mass is 16.5. The Kier molecular flexibility index (Phi) is 4.30. The van der Waals surface area contributed by atoms with E-state index in [2.05, 4.69) is 20.4 Å². The summed E-state index contributed by atoms with van der Waals surface area (Å²) < 4.78 is 4.69. The number of amides is 2. The fourth-order valence-electron chi connectivity index (χ4n) is 2.14. The zero-order valence-corrected chi connectivity index (χ0v) is 12.3. The molecule has 0 aliphatic heterocycles. The minimum Gasteiger partial charge on any atom is -0.465 e. The van der Waals surface area contributed by atoms with Crippen LogP contribution in [-0.4, -0.2) is 42.5 Å². The number of nitrogens with one attached hydrogen (secondary N) is 3. The fourth-order valence-corrected chi connectivity index (χ4v) is 2.14. The lowest BCUT2D eigenvalue weighted by Crippen LogP contribution is -2.38. The number of hydrogen-bond donors (Lipinski definition) is 3. The quantitative estimate of drug-likeness (QED) is 0.685. The molecule has 2 rings (SSSR count). The molecular formula is C14H19N3O4. The predicted octanol–water partition coefficient (Wildman–Crippen LogP) is 0.427. The van der Waals surface area contributed by atoms with E-state index in [0.29, 0.717) is 16.8 Å². The lowest BCUT2D eigenvalue weighted by Gasteiger charge is -2.05. The first-order valence-corrected chi connectivity index (χ1v) is 6.79. The Balaban J connectivity index is 2.01. The SMILES string of the molecule is COC(=O)c1c(C)[nH]c(C(=O)NCC(=O)NC2CC2)c1C. The molecule has 114 valence electrons. The maximum Gasteiger partial charge on any atom is 0.339 e. The average Bonchev–Trinajstić information content (AvgIpc) is 3.20. The summed E-state index contributed by atoms with van der Waals surface area (Å²) in [6, 6.07) is 0.259. The summed E-state index contributed by atoms with van der Waals surface area (Å²) >= 11 is 0. The molecule has 3 N–H and O–H groups in total.